The van der Waals surface area contributed by atoms with Crippen molar-refractivity contribution in [3.05, 3.63) is 18.2 Å². The summed E-state index contributed by atoms with van der Waals surface area (Å²) < 4.78 is 11.1. The standard InChI is InChI=1S/C17H26N2O3/c1-12(22-13-7-5-3-4-6-8-13)17(20)19-16-11-14(21-2)9-10-15(16)18/h9-13H,3-8,18H2,1-2H3,(H,19,20). The first-order valence-electron chi connectivity index (χ1n) is 8.00. The van der Waals surface area contributed by atoms with E-state index in [4.69, 9.17) is 15.2 Å². The molecule has 0 aliphatic heterocycles. The lowest BCUT2D eigenvalue weighted by Crippen LogP contribution is -2.31. The van der Waals surface area contributed by atoms with E-state index < -0.39 is 6.10 Å². The van der Waals surface area contributed by atoms with E-state index in [1.54, 1.807) is 32.2 Å². The largest absolute Gasteiger partial charge is 0.497 e. The van der Waals surface area contributed by atoms with Crippen LogP contribution in [0.4, 0.5) is 11.4 Å². The second-order valence-corrected chi connectivity index (χ2v) is 5.83. The topological polar surface area (TPSA) is 73.6 Å². The normalized spacial score (nSPS) is 17.5. The Kier molecular flexibility index (Phi) is 6.07. The zero-order valence-corrected chi connectivity index (χ0v) is 13.4. The summed E-state index contributed by atoms with van der Waals surface area (Å²) in [6, 6.07) is 5.19. The average molecular weight is 306 g/mol. The molecule has 0 aromatic heterocycles. The quantitative estimate of drug-likeness (QED) is 0.646. The number of carbonyl (C=O) groups is 1. The van der Waals surface area contributed by atoms with Crippen molar-refractivity contribution < 1.29 is 14.3 Å². The Morgan fingerprint density at radius 1 is 1.27 bits per heavy atom. The lowest BCUT2D eigenvalue weighted by atomic mass is 10.1. The van der Waals surface area contributed by atoms with Crippen LogP contribution in [0.2, 0.25) is 0 Å². The number of hydrogen-bond donors (Lipinski definition) is 2. The summed E-state index contributed by atoms with van der Waals surface area (Å²) in [7, 11) is 1.58. The third-order valence-corrected chi connectivity index (χ3v) is 4.09. The van der Waals surface area contributed by atoms with Crippen molar-refractivity contribution >= 4 is 17.3 Å². The lowest BCUT2D eigenvalue weighted by Gasteiger charge is -2.21. The predicted molar refractivity (Wildman–Crippen MR) is 88.1 cm³/mol. The van der Waals surface area contributed by atoms with Crippen LogP contribution in [-0.2, 0) is 9.53 Å². The molecule has 5 nitrogen and oxygen atoms in total. The first-order valence-corrected chi connectivity index (χ1v) is 8.00. The zero-order valence-electron chi connectivity index (χ0n) is 13.4. The van der Waals surface area contributed by atoms with Crippen LogP contribution < -0.4 is 15.8 Å². The van der Waals surface area contributed by atoms with E-state index in [9.17, 15) is 4.79 Å². The fraction of sp³-hybridized carbons (Fsp3) is 0.588. The minimum Gasteiger partial charge on any atom is -0.497 e. The maximum absolute atomic E-state index is 12.3. The van der Waals surface area contributed by atoms with Gasteiger partial charge in [-0.25, -0.2) is 0 Å². The lowest BCUT2D eigenvalue weighted by molar-refractivity contribution is -0.130. The number of nitrogens with one attached hydrogen (secondary N) is 1. The molecule has 1 saturated carbocycles. The van der Waals surface area contributed by atoms with Crippen molar-refractivity contribution in [1.29, 1.82) is 0 Å². The summed E-state index contributed by atoms with van der Waals surface area (Å²) in [4.78, 5) is 12.3. The Bertz CT molecular complexity index is 497. The van der Waals surface area contributed by atoms with Crippen LogP contribution in [-0.4, -0.2) is 25.2 Å². The molecule has 0 spiro atoms. The average Bonchev–Trinajstić information content (AvgIpc) is 2.78. The van der Waals surface area contributed by atoms with Crippen LogP contribution in [0.15, 0.2) is 18.2 Å². The molecule has 1 atom stereocenters. The number of benzene rings is 1. The van der Waals surface area contributed by atoms with E-state index in [1.807, 2.05) is 0 Å². The first-order chi connectivity index (χ1) is 10.6. The zero-order chi connectivity index (χ0) is 15.9. The Morgan fingerprint density at radius 3 is 2.59 bits per heavy atom. The summed E-state index contributed by atoms with van der Waals surface area (Å²) in [5.41, 5.74) is 6.95. The summed E-state index contributed by atoms with van der Waals surface area (Å²) in [6.45, 7) is 1.79. The van der Waals surface area contributed by atoms with E-state index >= 15 is 0 Å². The molecule has 5 heteroatoms. The molecule has 1 fully saturated rings. The van der Waals surface area contributed by atoms with E-state index in [1.165, 1.54) is 25.7 Å². The molecule has 1 aliphatic carbocycles. The maximum atomic E-state index is 12.3. The fourth-order valence-corrected chi connectivity index (χ4v) is 2.73. The third kappa shape index (κ3) is 4.63. The monoisotopic (exact) mass is 306 g/mol. The number of nitrogen functional groups attached to an aromatic ring is 1. The molecule has 0 radical (unpaired) electrons. The van der Waals surface area contributed by atoms with Gasteiger partial charge in [-0.05, 0) is 31.9 Å². The molecule has 1 aromatic rings. The minimum atomic E-state index is -0.492. The van der Waals surface area contributed by atoms with E-state index in [0.717, 1.165) is 12.8 Å². The van der Waals surface area contributed by atoms with Gasteiger partial charge >= 0.3 is 0 Å². The van der Waals surface area contributed by atoms with Gasteiger partial charge in [0, 0.05) is 6.07 Å². The number of amides is 1. The summed E-state index contributed by atoms with van der Waals surface area (Å²) >= 11 is 0. The van der Waals surface area contributed by atoms with E-state index in [0.29, 0.717) is 17.1 Å². The highest BCUT2D eigenvalue weighted by atomic mass is 16.5. The van der Waals surface area contributed by atoms with Crippen molar-refractivity contribution in [1.82, 2.24) is 0 Å². The van der Waals surface area contributed by atoms with Gasteiger partial charge in [0.2, 0.25) is 0 Å². The highest BCUT2D eigenvalue weighted by molar-refractivity contribution is 5.96. The molecule has 3 N–H and O–H groups in total. The second kappa shape index (κ2) is 8.03. The molecule has 1 amide bonds. The molecule has 0 saturated heterocycles. The smallest absolute Gasteiger partial charge is 0.253 e. The van der Waals surface area contributed by atoms with Crippen LogP contribution >= 0.6 is 0 Å². The number of ether oxygens (including phenoxy) is 2. The van der Waals surface area contributed by atoms with Gasteiger partial charge < -0.3 is 20.5 Å². The molecular formula is C17H26N2O3. The molecule has 1 aromatic carbocycles. The second-order valence-electron chi connectivity index (χ2n) is 5.83. The summed E-state index contributed by atoms with van der Waals surface area (Å²) in [5, 5.41) is 2.82. The number of carbonyl (C=O) groups excluding carboxylic acids is 1. The Balaban J connectivity index is 1.93. The predicted octanol–water partition coefficient (Wildman–Crippen LogP) is 3.34. The van der Waals surface area contributed by atoms with Crippen molar-refractivity contribution in [2.75, 3.05) is 18.2 Å². The molecule has 1 unspecified atom stereocenters. The SMILES string of the molecule is COc1ccc(N)c(NC(=O)C(C)OC2CCCCCC2)c1. The number of rotatable bonds is 5. The molecule has 0 heterocycles. The molecule has 22 heavy (non-hydrogen) atoms. The third-order valence-electron chi connectivity index (χ3n) is 4.09. The Labute approximate surface area is 132 Å². The molecular weight excluding hydrogens is 280 g/mol. The Morgan fingerprint density at radius 2 is 1.95 bits per heavy atom. The van der Waals surface area contributed by atoms with Crippen LogP contribution in [0.5, 0.6) is 5.75 Å². The molecule has 1 aliphatic rings. The van der Waals surface area contributed by atoms with Crippen molar-refractivity contribution in [3.8, 4) is 5.75 Å². The summed E-state index contributed by atoms with van der Waals surface area (Å²) in [5.74, 6) is 0.478. The van der Waals surface area contributed by atoms with Gasteiger partial charge in [-0.3, -0.25) is 4.79 Å². The van der Waals surface area contributed by atoms with Crippen molar-refractivity contribution in [2.24, 2.45) is 0 Å². The highest BCUT2D eigenvalue weighted by Gasteiger charge is 2.21. The van der Waals surface area contributed by atoms with Gasteiger partial charge in [0.15, 0.2) is 0 Å². The van der Waals surface area contributed by atoms with Gasteiger partial charge in [-0.1, -0.05) is 25.7 Å². The van der Waals surface area contributed by atoms with E-state index in [2.05, 4.69) is 5.32 Å². The summed E-state index contributed by atoms with van der Waals surface area (Å²) in [6.07, 6.45) is 6.67. The van der Waals surface area contributed by atoms with Gasteiger partial charge in [-0.15, -0.1) is 0 Å². The number of anilines is 2. The van der Waals surface area contributed by atoms with E-state index in [-0.39, 0.29) is 12.0 Å². The Hall–Kier alpha value is -1.75. The highest BCUT2D eigenvalue weighted by Crippen LogP contribution is 2.25. The van der Waals surface area contributed by atoms with Crippen LogP contribution in [0.25, 0.3) is 0 Å². The van der Waals surface area contributed by atoms with Crippen LogP contribution in [0.3, 0.4) is 0 Å². The van der Waals surface area contributed by atoms with Crippen LogP contribution in [0.1, 0.15) is 45.4 Å². The molecule has 122 valence electrons. The minimum absolute atomic E-state index is 0.177. The number of methoxy groups -OCH3 is 1. The van der Waals surface area contributed by atoms with Crippen molar-refractivity contribution in [3.63, 3.8) is 0 Å². The fourth-order valence-electron chi connectivity index (χ4n) is 2.73. The van der Waals surface area contributed by atoms with Gasteiger partial charge in [0.05, 0.1) is 24.6 Å². The van der Waals surface area contributed by atoms with Crippen LogP contribution in [0, 0.1) is 0 Å². The van der Waals surface area contributed by atoms with Gasteiger partial charge in [0.1, 0.15) is 11.9 Å². The molecule has 2 rings (SSSR count). The van der Waals surface area contributed by atoms with Gasteiger partial charge in [0.25, 0.3) is 5.91 Å². The number of nitrogens with two attached hydrogens (primary N) is 1. The van der Waals surface area contributed by atoms with Gasteiger partial charge in [-0.2, -0.15) is 0 Å². The number of hydrogen-bond acceptors (Lipinski definition) is 4. The molecule has 0 bridgehead atoms. The van der Waals surface area contributed by atoms with Crippen molar-refractivity contribution in [2.45, 2.75) is 57.7 Å². The maximum Gasteiger partial charge on any atom is 0.253 e. The first kappa shape index (κ1) is 16.6.